The summed E-state index contributed by atoms with van der Waals surface area (Å²) in [4.78, 5) is 75.6. The van der Waals surface area contributed by atoms with Crippen molar-refractivity contribution in [2.75, 3.05) is 98.4 Å². The Morgan fingerprint density at radius 2 is 0.752 bits per heavy atom. The second-order valence-electron chi connectivity index (χ2n) is 28.8. The Bertz CT molecular complexity index is 4770. The van der Waals surface area contributed by atoms with Gasteiger partial charge in [0.25, 0.3) is 0 Å². The number of benzene rings is 8. The van der Waals surface area contributed by atoms with Gasteiger partial charge < -0.3 is 65.5 Å². The minimum absolute atomic E-state index is 0. The number of rotatable bonds is 25. The van der Waals surface area contributed by atoms with Gasteiger partial charge in [0, 0.05) is 142 Å². The number of aliphatic hydroxyl groups excluding tert-OH is 3. The Balaban J connectivity index is 0.000000237. The van der Waals surface area contributed by atoms with Gasteiger partial charge >= 0.3 is 29.6 Å². The summed E-state index contributed by atoms with van der Waals surface area (Å²) in [5.74, 6) is 0.0941. The molecule has 1 unspecified atom stereocenters. The molecule has 5 aliphatic rings. The standard InChI is InChI=1S/C22H24ClN3O3.C22H22ClN3O.C21H22ClN3O2.C21H20ClN3O2.C4H8O.B.Na.H/c1-15-4-2-3-5-17(15)11-26(18-7-6-16(10-24)21(23)8-18)19-9-22(29)25(12-19)13-20(28)14-27;1-3-10-25-15-20(12-22(25)27)26(14-18-7-5-4-6-16(18)2)19-9-8-17(13-24)21(23)11-19;2*1-15-4-2-3-5-17(15)13-25(18-7-6-16(12-23)20(22)10-18)19-11-21(27)24(14-19)8-9-26;1-2-4-5-3-1;;;/h2-8,19-20,27-28H,9,11-14H2,1H3;3-9,11,20H,1,10,12,14-15H2,2H3;2-7,10,19,26H,8-9,11,13-14H2,1H3;2-7,9-10,19H,8,11,13-14H2,1H3;1-4H2;;;/q;;;;;;+1;-1/t19-,20?;20-;2*19-;;;;/m0000..../s1. The molecule has 5 aliphatic heterocycles. The van der Waals surface area contributed by atoms with Crippen molar-refractivity contribution in [1.82, 2.24) is 19.6 Å². The van der Waals surface area contributed by atoms with E-state index >= 15 is 0 Å². The molecule has 603 valence electrons. The fraction of sp³-hybridized carbons (Fsp3) is 0.344. The number of β-amino-alcohol motifs (C(OH)–C–C–N with tert-alkyl or cyclic N) is 2. The van der Waals surface area contributed by atoms with Gasteiger partial charge in [-0.15, -0.1) is 6.58 Å². The Kier molecular flexibility index (Phi) is 37.9. The van der Waals surface area contributed by atoms with E-state index in [1.807, 2.05) is 96.8 Å². The van der Waals surface area contributed by atoms with Crippen LogP contribution in [0.5, 0.6) is 0 Å². The van der Waals surface area contributed by atoms with Gasteiger partial charge in [0.05, 0.1) is 92.4 Å². The maximum atomic E-state index is 12.5. The first-order valence-corrected chi connectivity index (χ1v) is 39.7. The topological polar surface area (TPSA) is 276 Å². The smallest absolute Gasteiger partial charge is 1.00 e. The van der Waals surface area contributed by atoms with E-state index < -0.39 is 6.10 Å². The SMILES string of the molecule is C1CCOC1.C=CCN1C[C@@H](N(Cc2ccccc2C)c2ccc(C#N)c(Cl)c2)CC1=O.Cc1ccccc1CN(c1ccc(C#N)c(Cl)c1)[C@H]1CC(=O)N(CC(O)CO)C1.Cc1ccccc1CN(c1ccc(C#N)c(Cl)c1)[C@H]1CC(=O)N(CC=O)C1.Cc1ccccc1CN(c1ccc(C#N)c(Cl)c1)[C@H]1CC(=O)N(CCO)C1.[B].[H-].[Na+]. The molecular formula is C90H97BCl4N12NaO9. The molecule has 5 atom stereocenters. The van der Waals surface area contributed by atoms with Gasteiger partial charge in [-0.2, -0.15) is 21.0 Å². The van der Waals surface area contributed by atoms with E-state index in [2.05, 4.69) is 114 Å². The molecule has 3 radical (unpaired) electrons. The van der Waals surface area contributed by atoms with Gasteiger partial charge in [-0.05, 0) is 158 Å². The van der Waals surface area contributed by atoms with Crippen LogP contribution in [0.4, 0.5) is 22.7 Å². The number of anilines is 4. The molecule has 13 rings (SSSR count). The van der Waals surface area contributed by atoms with E-state index in [0.29, 0.717) is 133 Å². The maximum Gasteiger partial charge on any atom is 1.00 e. The minimum atomic E-state index is -0.952. The number of aliphatic hydroxyl groups is 3. The van der Waals surface area contributed by atoms with Crippen LogP contribution in [0.15, 0.2) is 183 Å². The van der Waals surface area contributed by atoms with Crippen molar-refractivity contribution in [2.45, 2.75) is 123 Å². The van der Waals surface area contributed by atoms with Crippen LogP contribution in [0.3, 0.4) is 0 Å². The fourth-order valence-electron chi connectivity index (χ4n) is 14.5. The number of hydrogen-bond acceptors (Lipinski definition) is 17. The third kappa shape index (κ3) is 26.1. The minimum Gasteiger partial charge on any atom is -1.00 e. The normalized spacial score (nSPS) is 16.6. The third-order valence-corrected chi connectivity index (χ3v) is 22.3. The molecule has 3 N–H and O–H groups in total. The Labute approximate surface area is 732 Å². The molecule has 5 heterocycles. The van der Waals surface area contributed by atoms with Gasteiger partial charge in [0.1, 0.15) is 30.6 Å². The molecule has 27 heteroatoms. The zero-order chi connectivity index (χ0) is 82.7. The monoisotopic (exact) mass is 1660 g/mol. The van der Waals surface area contributed by atoms with E-state index in [-0.39, 0.29) is 113 Å². The Morgan fingerprint density at radius 1 is 0.470 bits per heavy atom. The molecule has 117 heavy (non-hydrogen) atoms. The number of likely N-dealkylation sites (tertiary alicyclic amines) is 4. The first-order chi connectivity index (χ1) is 55.5. The average molecular weight is 1670 g/mol. The molecule has 21 nitrogen and oxygen atoms in total. The summed E-state index contributed by atoms with van der Waals surface area (Å²) in [6.45, 7) is 19.3. The van der Waals surface area contributed by atoms with Crippen LogP contribution in [0.25, 0.3) is 0 Å². The van der Waals surface area contributed by atoms with E-state index in [1.54, 1.807) is 63.2 Å². The number of aldehydes is 1. The van der Waals surface area contributed by atoms with Crippen molar-refractivity contribution >= 4 is 107 Å². The van der Waals surface area contributed by atoms with E-state index in [4.69, 9.17) is 77.3 Å². The number of amides is 4. The summed E-state index contributed by atoms with van der Waals surface area (Å²) in [7, 11) is 0. The van der Waals surface area contributed by atoms with Crippen molar-refractivity contribution in [2.24, 2.45) is 0 Å². The molecule has 0 saturated carbocycles. The summed E-state index contributed by atoms with van der Waals surface area (Å²) < 4.78 is 4.94. The summed E-state index contributed by atoms with van der Waals surface area (Å²) in [6.07, 6.45) is 5.61. The Hall–Kier alpha value is -9.73. The number of nitriles is 4. The quantitative estimate of drug-likeness (QED) is 0.0272. The van der Waals surface area contributed by atoms with Crippen LogP contribution in [-0.4, -0.2) is 182 Å². The molecule has 8 aromatic rings. The number of carbonyl (C=O) groups excluding carboxylic acids is 5. The number of ether oxygens (including phenoxy) is 1. The largest absolute Gasteiger partial charge is 1.00 e. The van der Waals surface area contributed by atoms with Crippen LogP contribution < -0.4 is 49.2 Å². The molecule has 0 aromatic heterocycles. The van der Waals surface area contributed by atoms with Crippen LogP contribution in [0.1, 0.15) is 107 Å². The first kappa shape index (κ1) is 94.4. The van der Waals surface area contributed by atoms with Crippen LogP contribution >= 0.6 is 46.4 Å². The van der Waals surface area contributed by atoms with Gasteiger partial charge in [-0.1, -0.05) is 150 Å². The number of hydrogen-bond donors (Lipinski definition) is 3. The Morgan fingerprint density at radius 3 is 1.01 bits per heavy atom. The molecule has 0 spiro atoms. The van der Waals surface area contributed by atoms with Gasteiger partial charge in [0.2, 0.25) is 23.6 Å². The predicted octanol–water partition coefficient (Wildman–Crippen LogP) is 10.8. The van der Waals surface area contributed by atoms with Gasteiger partial charge in [0.15, 0.2) is 0 Å². The van der Waals surface area contributed by atoms with Crippen molar-refractivity contribution in [1.29, 1.82) is 21.0 Å². The number of nitrogens with zero attached hydrogens (tertiary/aromatic N) is 12. The summed E-state index contributed by atoms with van der Waals surface area (Å²) in [5, 5.41) is 66.2. The summed E-state index contributed by atoms with van der Waals surface area (Å²) >= 11 is 25.1. The molecular weight excluding hydrogens is 1570 g/mol. The third-order valence-electron chi connectivity index (χ3n) is 21.0. The molecule has 0 aliphatic carbocycles. The second kappa shape index (κ2) is 47.0. The first-order valence-electron chi connectivity index (χ1n) is 38.2. The number of halogens is 4. The maximum absolute atomic E-state index is 12.5. The molecule has 0 bridgehead atoms. The summed E-state index contributed by atoms with van der Waals surface area (Å²) in [6, 6.07) is 62.2. The van der Waals surface area contributed by atoms with Crippen molar-refractivity contribution in [3.05, 3.63) is 269 Å². The molecule has 4 amide bonds. The predicted molar refractivity (Wildman–Crippen MR) is 457 cm³/mol. The zero-order valence-electron chi connectivity index (χ0n) is 67.7. The zero-order valence-corrected chi connectivity index (χ0v) is 71.7. The van der Waals surface area contributed by atoms with Crippen molar-refractivity contribution < 1.29 is 75.0 Å². The van der Waals surface area contributed by atoms with Crippen LogP contribution in [0.2, 0.25) is 20.1 Å². The van der Waals surface area contributed by atoms with E-state index in [0.717, 1.165) is 64.5 Å². The molecule has 5 saturated heterocycles. The molecule has 8 aromatic carbocycles. The number of carbonyl (C=O) groups is 5. The van der Waals surface area contributed by atoms with E-state index in [9.17, 15) is 34.2 Å². The van der Waals surface area contributed by atoms with Crippen molar-refractivity contribution in [3.63, 3.8) is 0 Å². The fourth-order valence-corrected chi connectivity index (χ4v) is 15.3. The van der Waals surface area contributed by atoms with Crippen LogP contribution in [-0.2, 0) is 54.9 Å². The van der Waals surface area contributed by atoms with Crippen molar-refractivity contribution in [3.8, 4) is 24.3 Å². The van der Waals surface area contributed by atoms with E-state index in [1.165, 1.54) is 35.1 Å². The van der Waals surface area contributed by atoms with Gasteiger partial charge in [-0.3, -0.25) is 19.2 Å². The molecule has 5 fully saturated rings. The average Bonchev–Trinajstić information content (AvgIpc) is 1.64. The number of aryl methyl sites for hydroxylation is 4. The van der Waals surface area contributed by atoms with Gasteiger partial charge in [-0.25, -0.2) is 0 Å². The summed E-state index contributed by atoms with van der Waals surface area (Å²) in [5.41, 5.74) is 14.5. The second-order valence-corrected chi connectivity index (χ2v) is 30.5. The van der Waals surface area contributed by atoms with Crippen LogP contribution in [0, 0.1) is 73.0 Å².